The van der Waals surface area contributed by atoms with E-state index in [1.54, 1.807) is 6.07 Å². The van der Waals surface area contributed by atoms with Gasteiger partial charge < -0.3 is 14.8 Å². The Morgan fingerprint density at radius 1 is 1.26 bits per heavy atom. The van der Waals surface area contributed by atoms with Gasteiger partial charge in [0.15, 0.2) is 11.5 Å². The lowest BCUT2D eigenvalue weighted by atomic mass is 10.1. The molecular formula is C13H19F2NO2S. The zero-order chi connectivity index (χ0) is 14.3. The van der Waals surface area contributed by atoms with E-state index in [-0.39, 0.29) is 0 Å². The summed E-state index contributed by atoms with van der Waals surface area (Å²) in [5.41, 5.74) is 0.946. The summed E-state index contributed by atoms with van der Waals surface area (Å²) in [6, 6.07) is 3.56. The molecule has 3 nitrogen and oxygen atoms in total. The number of hydrogen-bond donors (Lipinski definition) is 1. The van der Waals surface area contributed by atoms with Crippen LogP contribution in [0.5, 0.6) is 11.5 Å². The van der Waals surface area contributed by atoms with Gasteiger partial charge in [-0.25, -0.2) is 0 Å². The minimum atomic E-state index is -2.48. The molecule has 1 rings (SSSR count). The lowest BCUT2D eigenvalue weighted by Gasteiger charge is -2.14. The summed E-state index contributed by atoms with van der Waals surface area (Å²) in [5.74, 6) is -1.64. The molecule has 0 fully saturated rings. The summed E-state index contributed by atoms with van der Waals surface area (Å²) >= 11 is 0.474. The molecule has 0 spiro atoms. The van der Waals surface area contributed by atoms with Crippen molar-refractivity contribution in [2.45, 2.75) is 24.0 Å². The molecule has 0 aliphatic carbocycles. The van der Waals surface area contributed by atoms with Crippen molar-refractivity contribution in [1.82, 2.24) is 5.32 Å². The van der Waals surface area contributed by atoms with Crippen molar-refractivity contribution in [3.05, 3.63) is 17.7 Å². The molecule has 1 aromatic carbocycles. The number of nitrogens with one attached hydrogen (secondary N) is 1. The Morgan fingerprint density at radius 2 is 2.00 bits per heavy atom. The van der Waals surface area contributed by atoms with Crippen molar-refractivity contribution in [3.8, 4) is 11.5 Å². The van der Waals surface area contributed by atoms with E-state index in [4.69, 9.17) is 9.47 Å². The molecule has 19 heavy (non-hydrogen) atoms. The maximum Gasteiger partial charge on any atom is 0.289 e. The van der Waals surface area contributed by atoms with E-state index in [2.05, 4.69) is 5.32 Å². The van der Waals surface area contributed by atoms with E-state index in [1.807, 2.05) is 13.0 Å². The smallest absolute Gasteiger partial charge is 0.289 e. The van der Waals surface area contributed by atoms with Gasteiger partial charge in [0.2, 0.25) is 0 Å². The molecule has 0 radical (unpaired) electrons. The van der Waals surface area contributed by atoms with Crippen molar-refractivity contribution in [1.29, 1.82) is 0 Å². The monoisotopic (exact) mass is 291 g/mol. The van der Waals surface area contributed by atoms with Gasteiger partial charge in [-0.3, -0.25) is 0 Å². The van der Waals surface area contributed by atoms with Crippen molar-refractivity contribution in [3.63, 3.8) is 0 Å². The molecule has 1 N–H and O–H groups in total. The molecule has 6 heteroatoms. The van der Waals surface area contributed by atoms with E-state index in [9.17, 15) is 8.78 Å². The number of hydrogen-bond acceptors (Lipinski definition) is 4. The number of halogens is 2. The Bertz CT molecular complexity index is 402. The second-order valence-corrected chi connectivity index (χ2v) is 4.84. The van der Waals surface area contributed by atoms with Gasteiger partial charge in [0.25, 0.3) is 5.76 Å². The van der Waals surface area contributed by atoms with Crippen molar-refractivity contribution in [2.24, 2.45) is 0 Å². The van der Waals surface area contributed by atoms with Gasteiger partial charge in [0, 0.05) is 0 Å². The van der Waals surface area contributed by atoms with Crippen LogP contribution in [0.3, 0.4) is 0 Å². The van der Waals surface area contributed by atoms with Crippen LogP contribution in [0.2, 0.25) is 0 Å². The molecule has 108 valence electrons. The molecule has 0 saturated heterocycles. The van der Waals surface area contributed by atoms with Crippen LogP contribution in [0.4, 0.5) is 8.78 Å². The molecule has 0 atom stereocenters. The fraction of sp³-hybridized carbons (Fsp3) is 0.538. The Kier molecular flexibility index (Phi) is 6.94. The highest BCUT2D eigenvalue weighted by molar-refractivity contribution is 7.99. The predicted molar refractivity (Wildman–Crippen MR) is 73.7 cm³/mol. The van der Waals surface area contributed by atoms with Crippen LogP contribution in [0.1, 0.15) is 12.5 Å². The average Bonchev–Trinajstić information content (AvgIpc) is 2.37. The van der Waals surface area contributed by atoms with Crippen LogP contribution < -0.4 is 14.8 Å². The third-order valence-electron chi connectivity index (χ3n) is 2.56. The number of likely N-dealkylation sites (N-methyl/N-ethyl adjacent to an activating group) is 1. The highest BCUT2D eigenvalue weighted by atomic mass is 32.2. The summed E-state index contributed by atoms with van der Waals surface area (Å²) < 4.78 is 35.5. The largest absolute Gasteiger partial charge is 0.493 e. The van der Waals surface area contributed by atoms with Crippen LogP contribution in [0.25, 0.3) is 0 Å². The van der Waals surface area contributed by atoms with Crippen LogP contribution >= 0.6 is 11.8 Å². The van der Waals surface area contributed by atoms with Gasteiger partial charge in [-0.05, 0) is 37.2 Å². The molecule has 0 saturated carbocycles. The lowest BCUT2D eigenvalue weighted by molar-refractivity contribution is 0.251. The molecule has 0 aliphatic rings. The number of benzene rings is 1. The zero-order valence-corrected chi connectivity index (χ0v) is 12.2. The number of methoxy groups -OCH3 is 2. The molecule has 0 bridgehead atoms. The maximum atomic E-state index is 12.6. The van der Waals surface area contributed by atoms with Crippen molar-refractivity contribution >= 4 is 11.8 Å². The maximum absolute atomic E-state index is 12.6. The van der Waals surface area contributed by atoms with Crippen LogP contribution in [0.15, 0.2) is 17.0 Å². The second-order valence-electron chi connectivity index (χ2n) is 3.81. The molecular weight excluding hydrogens is 272 g/mol. The molecule has 0 aliphatic heterocycles. The van der Waals surface area contributed by atoms with Crippen LogP contribution in [0, 0.1) is 0 Å². The summed E-state index contributed by atoms with van der Waals surface area (Å²) in [7, 11) is 2.95. The second kappa shape index (κ2) is 8.22. The van der Waals surface area contributed by atoms with E-state index < -0.39 is 5.76 Å². The van der Waals surface area contributed by atoms with Gasteiger partial charge in [-0.1, -0.05) is 18.7 Å². The third kappa shape index (κ3) is 4.87. The minimum Gasteiger partial charge on any atom is -0.493 e. The number of rotatable bonds is 8. The molecule has 0 heterocycles. The van der Waals surface area contributed by atoms with Crippen LogP contribution in [-0.4, -0.2) is 33.1 Å². The fourth-order valence-electron chi connectivity index (χ4n) is 1.72. The quantitative estimate of drug-likeness (QED) is 0.588. The first-order valence-corrected chi connectivity index (χ1v) is 6.90. The summed E-state index contributed by atoms with van der Waals surface area (Å²) in [5, 5.41) is 3.20. The van der Waals surface area contributed by atoms with Gasteiger partial charge in [0.05, 0.1) is 19.1 Å². The fourth-order valence-corrected chi connectivity index (χ4v) is 2.42. The number of thioether (sulfide) groups is 1. The van der Waals surface area contributed by atoms with Gasteiger partial charge in [-0.2, -0.15) is 8.78 Å². The first kappa shape index (κ1) is 16.0. The topological polar surface area (TPSA) is 30.5 Å². The average molecular weight is 291 g/mol. The Hall–Kier alpha value is -1.01. The van der Waals surface area contributed by atoms with Gasteiger partial charge >= 0.3 is 0 Å². The van der Waals surface area contributed by atoms with E-state index in [1.165, 1.54) is 14.2 Å². The Morgan fingerprint density at radius 3 is 2.53 bits per heavy atom. The highest BCUT2D eigenvalue weighted by Crippen LogP contribution is 2.41. The molecule has 0 unspecified atom stereocenters. The van der Waals surface area contributed by atoms with E-state index in [0.717, 1.165) is 25.1 Å². The normalized spacial score (nSPS) is 10.8. The van der Waals surface area contributed by atoms with Crippen molar-refractivity contribution < 1.29 is 18.3 Å². The zero-order valence-electron chi connectivity index (χ0n) is 11.3. The van der Waals surface area contributed by atoms with Gasteiger partial charge in [-0.15, -0.1) is 0 Å². The first-order chi connectivity index (χ1) is 9.12. The molecule has 0 amide bonds. The lowest BCUT2D eigenvalue weighted by Crippen LogP contribution is -2.16. The molecule has 1 aromatic rings. The van der Waals surface area contributed by atoms with Gasteiger partial charge in [0.1, 0.15) is 0 Å². The van der Waals surface area contributed by atoms with Crippen molar-refractivity contribution in [2.75, 3.05) is 27.3 Å². The van der Waals surface area contributed by atoms with E-state index >= 15 is 0 Å². The Balaban J connectivity index is 3.00. The SMILES string of the molecule is CCNCCc1cc(OC)c(OC)c(SC(F)F)c1. The number of alkyl halides is 2. The predicted octanol–water partition coefficient (Wildman–Crippen LogP) is 3.17. The Labute approximate surface area is 116 Å². The summed E-state index contributed by atoms with van der Waals surface area (Å²) in [6.07, 6.45) is 0.755. The minimum absolute atomic E-state index is 0.361. The molecule has 0 aromatic heterocycles. The first-order valence-electron chi connectivity index (χ1n) is 6.02. The standard InChI is InChI=1S/C13H19F2NO2S/c1-4-16-6-5-9-7-10(17-2)12(18-3)11(8-9)19-13(14)15/h7-8,13,16H,4-6H2,1-3H3. The third-order valence-corrected chi connectivity index (χ3v) is 3.30. The summed E-state index contributed by atoms with van der Waals surface area (Å²) in [4.78, 5) is 0.406. The summed E-state index contributed by atoms with van der Waals surface area (Å²) in [6.45, 7) is 3.70. The van der Waals surface area contributed by atoms with E-state index in [0.29, 0.717) is 28.2 Å². The highest BCUT2D eigenvalue weighted by Gasteiger charge is 2.16. The van der Waals surface area contributed by atoms with Crippen LogP contribution in [-0.2, 0) is 6.42 Å². The number of ether oxygens (including phenoxy) is 2.